The Morgan fingerprint density at radius 3 is 2.70 bits per heavy atom. The molecule has 1 saturated heterocycles. The zero-order valence-corrected chi connectivity index (χ0v) is 13.2. The number of nitrogens with zero attached hydrogens (tertiary/aromatic N) is 1. The highest BCUT2D eigenvalue weighted by molar-refractivity contribution is 8.00. The minimum absolute atomic E-state index is 0.00673. The Labute approximate surface area is 123 Å². The van der Waals surface area contributed by atoms with E-state index in [1.807, 2.05) is 20.8 Å². The van der Waals surface area contributed by atoms with Crippen molar-refractivity contribution in [2.24, 2.45) is 5.41 Å². The lowest BCUT2D eigenvalue weighted by molar-refractivity contribution is -0.145. The molecule has 0 unspecified atom stereocenters. The van der Waals surface area contributed by atoms with E-state index in [9.17, 15) is 9.59 Å². The summed E-state index contributed by atoms with van der Waals surface area (Å²) < 4.78 is 10.8. The average Bonchev–Trinajstić information content (AvgIpc) is 2.35. The molecule has 1 amide bonds. The topological polar surface area (TPSA) is 55.8 Å². The van der Waals surface area contributed by atoms with E-state index in [-0.39, 0.29) is 23.7 Å². The van der Waals surface area contributed by atoms with E-state index in [1.54, 1.807) is 23.8 Å². The van der Waals surface area contributed by atoms with Gasteiger partial charge in [0.25, 0.3) is 0 Å². The molecule has 112 valence electrons. The molecule has 20 heavy (non-hydrogen) atoms. The van der Waals surface area contributed by atoms with Crippen molar-refractivity contribution in [2.45, 2.75) is 32.6 Å². The van der Waals surface area contributed by atoms with Crippen molar-refractivity contribution in [1.29, 1.82) is 0 Å². The van der Waals surface area contributed by atoms with Gasteiger partial charge in [0.2, 0.25) is 5.91 Å². The second-order valence-electron chi connectivity index (χ2n) is 6.04. The highest BCUT2D eigenvalue weighted by atomic mass is 32.2. The summed E-state index contributed by atoms with van der Waals surface area (Å²) in [5.74, 6) is 1.38. The minimum atomic E-state index is -0.441. The largest absolute Gasteiger partial charge is 0.471 e. The lowest BCUT2D eigenvalue weighted by Crippen LogP contribution is -2.53. The number of rotatable bonds is 5. The van der Waals surface area contributed by atoms with Gasteiger partial charge in [-0.1, -0.05) is 20.8 Å². The first-order valence-electron chi connectivity index (χ1n) is 6.65. The van der Waals surface area contributed by atoms with Crippen LogP contribution in [0.5, 0.6) is 0 Å². The van der Waals surface area contributed by atoms with Gasteiger partial charge in [0.1, 0.15) is 6.61 Å². The molecular weight excluding hydrogens is 278 g/mol. The van der Waals surface area contributed by atoms with E-state index >= 15 is 0 Å². The number of ketones is 1. The molecule has 1 fully saturated rings. The van der Waals surface area contributed by atoms with E-state index in [0.717, 1.165) is 11.3 Å². The van der Waals surface area contributed by atoms with Crippen molar-refractivity contribution in [1.82, 2.24) is 4.90 Å². The first-order chi connectivity index (χ1) is 9.34. The normalized spacial score (nSPS) is 22.5. The van der Waals surface area contributed by atoms with Crippen molar-refractivity contribution in [2.75, 3.05) is 26.1 Å². The smallest absolute Gasteiger partial charge is 0.233 e. The van der Waals surface area contributed by atoms with Gasteiger partial charge in [-0.25, -0.2) is 0 Å². The summed E-state index contributed by atoms with van der Waals surface area (Å²) in [6, 6.07) is 0. The van der Waals surface area contributed by atoms with E-state index < -0.39 is 5.41 Å². The van der Waals surface area contributed by atoms with Gasteiger partial charge in [-0.05, 0) is 0 Å². The van der Waals surface area contributed by atoms with Crippen molar-refractivity contribution < 1.29 is 19.1 Å². The fraction of sp³-hybridized carbons (Fsp3) is 0.714. The van der Waals surface area contributed by atoms with Crippen molar-refractivity contribution in [3.8, 4) is 0 Å². The molecule has 0 spiro atoms. The lowest BCUT2D eigenvalue weighted by Gasteiger charge is -2.44. The second-order valence-corrected chi connectivity index (χ2v) is 7.20. The number of β-lactam (4-membered cyclic amide) rings is 1. The van der Waals surface area contributed by atoms with E-state index in [1.165, 1.54) is 0 Å². The van der Waals surface area contributed by atoms with Crippen LogP contribution >= 0.6 is 11.8 Å². The van der Waals surface area contributed by atoms with Crippen molar-refractivity contribution in [3.63, 3.8) is 0 Å². The number of amides is 1. The maximum absolute atomic E-state index is 12.0. The maximum atomic E-state index is 12.0. The fourth-order valence-electron chi connectivity index (χ4n) is 1.99. The molecule has 6 heteroatoms. The van der Waals surface area contributed by atoms with Crippen LogP contribution in [0.15, 0.2) is 11.5 Å². The monoisotopic (exact) mass is 299 g/mol. The quantitative estimate of drug-likeness (QED) is 0.724. The van der Waals surface area contributed by atoms with Crippen LogP contribution in [0.25, 0.3) is 0 Å². The molecule has 2 heterocycles. The summed E-state index contributed by atoms with van der Waals surface area (Å²) in [5.41, 5.74) is 0.493. The van der Waals surface area contributed by atoms with Crippen LogP contribution in [0.4, 0.5) is 0 Å². The summed E-state index contributed by atoms with van der Waals surface area (Å²) in [5, 5.41) is 0.155. The molecule has 5 nitrogen and oxygen atoms in total. The van der Waals surface area contributed by atoms with Gasteiger partial charge in [0.05, 0.1) is 18.4 Å². The molecule has 0 radical (unpaired) electrons. The molecule has 0 aromatic rings. The van der Waals surface area contributed by atoms with Crippen LogP contribution in [0, 0.1) is 5.41 Å². The summed E-state index contributed by atoms with van der Waals surface area (Å²) >= 11 is 1.71. The predicted octanol–water partition coefficient (Wildman–Crippen LogP) is 1.78. The molecule has 0 N–H and O–H groups in total. The number of Topliss-reactive ketones (excluding diaryl/α,β-unsaturated/α-hetero) is 1. The van der Waals surface area contributed by atoms with Gasteiger partial charge in [-0.15, -0.1) is 11.8 Å². The Kier molecular flexibility index (Phi) is 4.44. The van der Waals surface area contributed by atoms with Crippen molar-refractivity contribution >= 4 is 23.5 Å². The van der Waals surface area contributed by atoms with Gasteiger partial charge in [-0.2, -0.15) is 0 Å². The van der Waals surface area contributed by atoms with E-state index in [2.05, 4.69) is 0 Å². The number of carbonyl (C=O) groups is 2. The van der Waals surface area contributed by atoms with Gasteiger partial charge in [0.15, 0.2) is 11.7 Å². The summed E-state index contributed by atoms with van der Waals surface area (Å²) in [4.78, 5) is 25.4. The standard InChI is InChI=1S/C14H21NO4S/c1-14(2,3)10(16)7-19-13-9(6-18-4)8-20-12-5-11(17)15(12)13/h12H,5-8H2,1-4H3/t12-/m0/s1. The van der Waals surface area contributed by atoms with E-state index in [0.29, 0.717) is 18.9 Å². The van der Waals surface area contributed by atoms with Gasteiger partial charge < -0.3 is 9.47 Å². The van der Waals surface area contributed by atoms with E-state index in [4.69, 9.17) is 9.47 Å². The molecule has 0 aromatic heterocycles. The first-order valence-corrected chi connectivity index (χ1v) is 7.70. The van der Waals surface area contributed by atoms with Crippen LogP contribution in [0.1, 0.15) is 27.2 Å². The van der Waals surface area contributed by atoms with Gasteiger partial charge >= 0.3 is 0 Å². The molecule has 0 saturated carbocycles. The van der Waals surface area contributed by atoms with Crippen LogP contribution in [0.2, 0.25) is 0 Å². The summed E-state index contributed by atoms with van der Waals surface area (Å²) in [6.07, 6.45) is 0.547. The number of fused-ring (bicyclic) bond motifs is 1. The zero-order chi connectivity index (χ0) is 14.9. The maximum Gasteiger partial charge on any atom is 0.233 e. The fourth-order valence-corrected chi connectivity index (χ4v) is 3.22. The Bertz CT molecular complexity index is 453. The molecule has 2 rings (SSSR count). The zero-order valence-electron chi connectivity index (χ0n) is 12.4. The molecule has 0 aliphatic carbocycles. The molecule has 0 bridgehead atoms. The summed E-state index contributed by atoms with van der Waals surface area (Å²) in [7, 11) is 1.61. The highest BCUT2D eigenvalue weighted by Crippen LogP contribution is 2.40. The number of hydrogen-bond donors (Lipinski definition) is 0. The SMILES string of the molecule is COCC1=C(OCC(=O)C(C)(C)C)N2C(=O)C[C@@H]2SC1. The third-order valence-electron chi connectivity index (χ3n) is 3.37. The highest BCUT2D eigenvalue weighted by Gasteiger charge is 2.44. The first kappa shape index (κ1) is 15.4. The summed E-state index contributed by atoms with van der Waals surface area (Å²) in [6.45, 7) is 5.99. The number of thioether (sulfide) groups is 1. The Morgan fingerprint density at radius 1 is 1.45 bits per heavy atom. The van der Waals surface area contributed by atoms with Crippen LogP contribution < -0.4 is 0 Å². The van der Waals surface area contributed by atoms with Crippen LogP contribution in [0.3, 0.4) is 0 Å². The van der Waals surface area contributed by atoms with Crippen LogP contribution in [-0.2, 0) is 19.1 Å². The number of ether oxygens (including phenoxy) is 2. The molecule has 2 aliphatic rings. The second kappa shape index (κ2) is 5.77. The minimum Gasteiger partial charge on any atom is -0.471 e. The Balaban J connectivity index is 2.11. The molecular formula is C14H21NO4S. The molecule has 2 aliphatic heterocycles. The third-order valence-corrected chi connectivity index (χ3v) is 4.65. The number of carbonyl (C=O) groups excluding carboxylic acids is 2. The van der Waals surface area contributed by atoms with Crippen molar-refractivity contribution in [3.05, 3.63) is 11.5 Å². The predicted molar refractivity (Wildman–Crippen MR) is 77.0 cm³/mol. The molecule has 0 aromatic carbocycles. The van der Waals surface area contributed by atoms with Gasteiger partial charge in [-0.3, -0.25) is 14.5 Å². The third kappa shape index (κ3) is 3.01. The van der Waals surface area contributed by atoms with Crippen LogP contribution in [-0.4, -0.2) is 48.0 Å². The molecule has 1 atom stereocenters. The number of hydrogen-bond acceptors (Lipinski definition) is 5. The average molecular weight is 299 g/mol. The Hall–Kier alpha value is -1.01. The lowest BCUT2D eigenvalue weighted by atomic mass is 9.91. The number of methoxy groups -OCH3 is 1. The Morgan fingerprint density at radius 2 is 2.15 bits per heavy atom. The van der Waals surface area contributed by atoms with Gasteiger partial charge in [0, 0.05) is 23.9 Å².